The number of ether oxygens (including phenoxy) is 2. The van der Waals surface area contributed by atoms with Crippen LogP contribution in [0.4, 0.5) is 10.5 Å². The van der Waals surface area contributed by atoms with Crippen LogP contribution in [0.2, 0.25) is 0 Å². The smallest absolute Gasteiger partial charge is 0.434 e. The number of nitrogens with zero attached hydrogens (tertiary/aromatic N) is 1. The third-order valence-corrected chi connectivity index (χ3v) is 3.15. The number of benzene rings is 1. The van der Waals surface area contributed by atoms with Crippen LogP contribution in [0.15, 0.2) is 42.6 Å². The van der Waals surface area contributed by atoms with Gasteiger partial charge in [0.2, 0.25) is 5.88 Å². The van der Waals surface area contributed by atoms with E-state index in [2.05, 4.69) is 9.97 Å². The van der Waals surface area contributed by atoms with E-state index in [4.69, 9.17) is 15.2 Å². The lowest BCUT2D eigenvalue weighted by molar-refractivity contribution is 0.103. The summed E-state index contributed by atoms with van der Waals surface area (Å²) in [6.45, 7) is 1.96. The second-order valence-electron chi connectivity index (χ2n) is 4.65. The summed E-state index contributed by atoms with van der Waals surface area (Å²) >= 11 is 0. The van der Waals surface area contributed by atoms with Crippen LogP contribution < -0.4 is 10.5 Å². The molecule has 0 aliphatic heterocycles. The highest BCUT2D eigenvalue weighted by Gasteiger charge is 2.18. The van der Waals surface area contributed by atoms with Crippen LogP contribution in [0, 0.1) is 0 Å². The van der Waals surface area contributed by atoms with Crippen LogP contribution in [0.1, 0.15) is 6.92 Å². The van der Waals surface area contributed by atoms with Gasteiger partial charge in [0.1, 0.15) is 5.65 Å². The molecule has 0 spiro atoms. The number of hydrogen-bond acceptors (Lipinski definition) is 5. The van der Waals surface area contributed by atoms with Gasteiger partial charge in [0.15, 0.2) is 0 Å². The van der Waals surface area contributed by atoms with Crippen molar-refractivity contribution < 1.29 is 14.3 Å². The fourth-order valence-electron chi connectivity index (χ4n) is 2.26. The Morgan fingerprint density at radius 1 is 1.32 bits per heavy atom. The van der Waals surface area contributed by atoms with Crippen molar-refractivity contribution in [3.8, 4) is 17.0 Å². The Balaban J connectivity index is 2.16. The number of aromatic nitrogens is 2. The highest BCUT2D eigenvalue weighted by molar-refractivity contribution is 5.99. The third kappa shape index (κ3) is 2.58. The van der Waals surface area contributed by atoms with E-state index in [9.17, 15) is 4.79 Å². The number of nitrogens with two attached hydrogens (primary N) is 1. The molecule has 22 heavy (non-hydrogen) atoms. The molecule has 0 radical (unpaired) electrons. The fraction of sp³-hybridized carbons (Fsp3) is 0.125. The van der Waals surface area contributed by atoms with E-state index in [-0.39, 0.29) is 12.5 Å². The van der Waals surface area contributed by atoms with Gasteiger partial charge in [0.05, 0.1) is 24.1 Å². The van der Waals surface area contributed by atoms with Gasteiger partial charge < -0.3 is 20.2 Å². The van der Waals surface area contributed by atoms with Gasteiger partial charge in [-0.3, -0.25) is 0 Å². The van der Waals surface area contributed by atoms with Crippen LogP contribution in [0.3, 0.4) is 0 Å². The van der Waals surface area contributed by atoms with Gasteiger partial charge >= 0.3 is 6.16 Å². The highest BCUT2D eigenvalue weighted by Crippen LogP contribution is 2.37. The van der Waals surface area contributed by atoms with Crippen molar-refractivity contribution in [2.45, 2.75) is 6.92 Å². The van der Waals surface area contributed by atoms with Crippen LogP contribution in [-0.4, -0.2) is 22.7 Å². The Kier molecular flexibility index (Phi) is 3.65. The predicted octanol–water partition coefficient (Wildman–Crippen LogP) is 3.35. The maximum Gasteiger partial charge on any atom is 0.515 e. The Morgan fingerprint density at radius 2 is 2.09 bits per heavy atom. The quantitative estimate of drug-likeness (QED) is 0.723. The van der Waals surface area contributed by atoms with Crippen LogP contribution >= 0.6 is 0 Å². The highest BCUT2D eigenvalue weighted by atomic mass is 16.7. The summed E-state index contributed by atoms with van der Waals surface area (Å²) in [5, 5.41) is 0.783. The van der Waals surface area contributed by atoms with Crippen molar-refractivity contribution in [1.82, 2.24) is 9.97 Å². The molecule has 0 saturated carbocycles. The molecule has 0 unspecified atom stereocenters. The Bertz CT molecular complexity index is 812. The van der Waals surface area contributed by atoms with Gasteiger partial charge in [-0.15, -0.1) is 0 Å². The summed E-state index contributed by atoms with van der Waals surface area (Å²) in [5.74, 6) is 0.290. The largest absolute Gasteiger partial charge is 0.515 e. The maximum atomic E-state index is 11.6. The molecule has 3 rings (SSSR count). The van der Waals surface area contributed by atoms with E-state index in [1.54, 1.807) is 19.2 Å². The molecule has 1 aromatic carbocycles. The van der Waals surface area contributed by atoms with Crippen LogP contribution in [-0.2, 0) is 4.74 Å². The minimum absolute atomic E-state index is 0.241. The lowest BCUT2D eigenvalue weighted by Gasteiger charge is -2.06. The first-order valence-electron chi connectivity index (χ1n) is 6.86. The Labute approximate surface area is 126 Å². The summed E-state index contributed by atoms with van der Waals surface area (Å²) in [6.07, 6.45) is 0.779. The number of fused-ring (bicyclic) bond motifs is 1. The van der Waals surface area contributed by atoms with Gasteiger partial charge in [-0.2, -0.15) is 0 Å². The van der Waals surface area contributed by atoms with Gasteiger partial charge in [-0.1, -0.05) is 30.3 Å². The lowest BCUT2D eigenvalue weighted by atomic mass is 10.1. The minimum Gasteiger partial charge on any atom is -0.434 e. The molecule has 3 N–H and O–H groups in total. The van der Waals surface area contributed by atoms with Crippen molar-refractivity contribution in [3.05, 3.63) is 42.6 Å². The standard InChI is InChI=1S/C16H15N3O3/c1-2-21-16(20)22-15-13(10-6-4-3-5-7-10)12-8-11(17)9-18-14(12)19-15/h3-9H,2,17H2,1H3,(H,18,19). The number of pyridine rings is 1. The second-order valence-corrected chi connectivity index (χ2v) is 4.65. The van der Waals surface area contributed by atoms with Crippen LogP contribution in [0.5, 0.6) is 5.88 Å². The number of anilines is 1. The molecule has 0 bridgehead atoms. The first-order chi connectivity index (χ1) is 10.7. The number of carbonyl (C=O) groups excluding carboxylic acids is 1. The summed E-state index contributed by atoms with van der Waals surface area (Å²) in [5.41, 5.74) is 8.56. The first-order valence-corrected chi connectivity index (χ1v) is 6.86. The average molecular weight is 297 g/mol. The van der Waals surface area contributed by atoms with Gasteiger partial charge in [0, 0.05) is 5.39 Å². The zero-order chi connectivity index (χ0) is 15.5. The Morgan fingerprint density at radius 3 is 2.82 bits per heavy atom. The zero-order valence-electron chi connectivity index (χ0n) is 12.0. The number of H-pyrrole nitrogens is 1. The normalized spacial score (nSPS) is 10.6. The Hall–Kier alpha value is -3.02. The number of rotatable bonds is 3. The number of hydrogen-bond donors (Lipinski definition) is 2. The van der Waals surface area contributed by atoms with Crippen molar-refractivity contribution >= 4 is 22.9 Å². The van der Waals surface area contributed by atoms with Crippen LogP contribution in [0.25, 0.3) is 22.2 Å². The first kappa shape index (κ1) is 13.9. The fourth-order valence-corrected chi connectivity index (χ4v) is 2.26. The minimum atomic E-state index is -0.765. The summed E-state index contributed by atoms with van der Waals surface area (Å²) < 4.78 is 10.1. The molecule has 0 aliphatic rings. The maximum absolute atomic E-state index is 11.6. The van der Waals surface area contributed by atoms with Gasteiger partial charge in [-0.05, 0) is 18.6 Å². The van der Waals surface area contributed by atoms with E-state index in [0.717, 1.165) is 16.5 Å². The van der Waals surface area contributed by atoms with Crippen molar-refractivity contribution in [3.63, 3.8) is 0 Å². The molecule has 2 heterocycles. The predicted molar refractivity (Wildman–Crippen MR) is 83.6 cm³/mol. The second kappa shape index (κ2) is 5.77. The van der Waals surface area contributed by atoms with Crippen molar-refractivity contribution in [2.24, 2.45) is 0 Å². The van der Waals surface area contributed by atoms with E-state index in [0.29, 0.717) is 11.3 Å². The zero-order valence-corrected chi connectivity index (χ0v) is 12.0. The molecule has 6 nitrogen and oxygen atoms in total. The van der Waals surface area contributed by atoms with E-state index in [1.165, 1.54) is 0 Å². The monoisotopic (exact) mass is 297 g/mol. The summed E-state index contributed by atoms with van der Waals surface area (Å²) in [7, 11) is 0. The number of aromatic amines is 1. The molecule has 112 valence electrons. The molecule has 2 aromatic heterocycles. The lowest BCUT2D eigenvalue weighted by Crippen LogP contribution is -2.10. The molecular formula is C16H15N3O3. The van der Waals surface area contributed by atoms with E-state index >= 15 is 0 Å². The summed E-state index contributed by atoms with van der Waals surface area (Å²) in [6, 6.07) is 11.4. The van der Waals surface area contributed by atoms with Crippen molar-refractivity contribution in [2.75, 3.05) is 12.3 Å². The number of nitrogens with one attached hydrogen (secondary N) is 1. The van der Waals surface area contributed by atoms with Crippen molar-refractivity contribution in [1.29, 1.82) is 0 Å². The average Bonchev–Trinajstić information content (AvgIpc) is 2.85. The molecule has 6 heteroatoms. The number of carbonyl (C=O) groups is 1. The molecule has 3 aromatic rings. The van der Waals surface area contributed by atoms with Gasteiger partial charge in [-0.25, -0.2) is 9.78 Å². The molecule has 0 atom stereocenters. The van der Waals surface area contributed by atoms with E-state index < -0.39 is 6.16 Å². The van der Waals surface area contributed by atoms with Gasteiger partial charge in [0.25, 0.3) is 0 Å². The molecule has 0 amide bonds. The summed E-state index contributed by atoms with van der Waals surface area (Å²) in [4.78, 5) is 18.8. The molecule has 0 fully saturated rings. The topological polar surface area (TPSA) is 90.2 Å². The molecule has 0 aliphatic carbocycles. The third-order valence-electron chi connectivity index (χ3n) is 3.15. The molecular weight excluding hydrogens is 282 g/mol. The number of nitrogen functional groups attached to an aromatic ring is 1. The van der Waals surface area contributed by atoms with E-state index in [1.807, 2.05) is 30.3 Å². The molecule has 0 saturated heterocycles. The SMILES string of the molecule is CCOC(=O)Oc1[nH]c2ncc(N)cc2c1-c1ccccc1.